The molecule has 0 saturated heterocycles. The molecule has 2 aromatic heterocycles. The van der Waals surface area contributed by atoms with Crippen LogP contribution in [-0.2, 0) is 0 Å². The summed E-state index contributed by atoms with van der Waals surface area (Å²) in [5.74, 6) is 5.20. The first-order chi connectivity index (χ1) is 7.79. The standard InChI is InChI=1S/C12H10FN3/c13-9-3-4-11-8(6-9)7-10(15-14)12-2-1-5-16(11)12/h1-7,15H,14H2. The number of halogens is 1. The third-order valence-electron chi connectivity index (χ3n) is 2.73. The van der Waals surface area contributed by atoms with E-state index in [-0.39, 0.29) is 5.82 Å². The van der Waals surface area contributed by atoms with Gasteiger partial charge in [-0.1, -0.05) is 0 Å². The van der Waals surface area contributed by atoms with Crippen molar-refractivity contribution in [3.8, 4) is 0 Å². The number of aromatic nitrogens is 1. The Bertz CT molecular complexity index is 672. The number of pyridine rings is 1. The maximum atomic E-state index is 13.1. The molecule has 4 heteroatoms. The van der Waals surface area contributed by atoms with Crippen LogP contribution in [0.3, 0.4) is 0 Å². The highest BCUT2D eigenvalue weighted by Gasteiger charge is 2.05. The maximum Gasteiger partial charge on any atom is 0.123 e. The van der Waals surface area contributed by atoms with Crippen molar-refractivity contribution < 1.29 is 4.39 Å². The molecule has 0 radical (unpaired) electrons. The SMILES string of the molecule is NNc1cc2cc(F)ccc2n2cccc12. The van der Waals surface area contributed by atoms with Crippen LogP contribution in [0.5, 0.6) is 0 Å². The van der Waals surface area contributed by atoms with Crippen molar-refractivity contribution in [2.45, 2.75) is 0 Å². The highest BCUT2D eigenvalue weighted by atomic mass is 19.1. The molecule has 1 aromatic carbocycles. The first-order valence-electron chi connectivity index (χ1n) is 4.95. The largest absolute Gasteiger partial charge is 0.322 e. The summed E-state index contributed by atoms with van der Waals surface area (Å²) in [6.07, 6.45) is 1.93. The summed E-state index contributed by atoms with van der Waals surface area (Å²) in [4.78, 5) is 0. The number of anilines is 1. The van der Waals surface area contributed by atoms with Gasteiger partial charge in [0.05, 0.1) is 16.7 Å². The molecule has 0 spiro atoms. The van der Waals surface area contributed by atoms with Crippen LogP contribution in [0.15, 0.2) is 42.6 Å². The predicted octanol–water partition coefficient (Wildman–Crippen LogP) is 2.52. The molecule has 0 aliphatic heterocycles. The maximum absolute atomic E-state index is 13.1. The van der Waals surface area contributed by atoms with Gasteiger partial charge in [0.25, 0.3) is 0 Å². The molecular weight excluding hydrogens is 205 g/mol. The van der Waals surface area contributed by atoms with E-state index in [1.165, 1.54) is 12.1 Å². The van der Waals surface area contributed by atoms with Crippen LogP contribution in [0.25, 0.3) is 16.4 Å². The van der Waals surface area contributed by atoms with E-state index in [0.717, 1.165) is 22.1 Å². The summed E-state index contributed by atoms with van der Waals surface area (Å²) in [5.41, 5.74) is 5.34. The minimum atomic E-state index is -0.248. The minimum Gasteiger partial charge on any atom is -0.322 e. The zero-order chi connectivity index (χ0) is 11.1. The fourth-order valence-corrected chi connectivity index (χ4v) is 2.02. The summed E-state index contributed by atoms with van der Waals surface area (Å²) in [7, 11) is 0. The van der Waals surface area contributed by atoms with Gasteiger partial charge in [-0.25, -0.2) is 4.39 Å². The average Bonchev–Trinajstić information content (AvgIpc) is 2.76. The number of nitrogens with zero attached hydrogens (tertiary/aromatic N) is 1. The van der Waals surface area contributed by atoms with Gasteiger partial charge in [-0.2, -0.15) is 0 Å². The lowest BCUT2D eigenvalue weighted by molar-refractivity contribution is 0.629. The monoisotopic (exact) mass is 215 g/mol. The van der Waals surface area contributed by atoms with Crippen molar-refractivity contribution in [3.63, 3.8) is 0 Å². The van der Waals surface area contributed by atoms with E-state index in [1.807, 2.05) is 28.8 Å². The molecule has 0 fully saturated rings. The molecule has 3 nitrogen and oxygen atoms in total. The van der Waals surface area contributed by atoms with Crippen LogP contribution in [0, 0.1) is 5.82 Å². The van der Waals surface area contributed by atoms with Crippen LogP contribution >= 0.6 is 0 Å². The van der Waals surface area contributed by atoms with Gasteiger partial charge in [-0.05, 0) is 36.4 Å². The average molecular weight is 215 g/mol. The second kappa shape index (κ2) is 3.21. The van der Waals surface area contributed by atoms with Crippen LogP contribution < -0.4 is 11.3 Å². The molecule has 0 amide bonds. The number of hydrogen-bond acceptors (Lipinski definition) is 2. The lowest BCUT2D eigenvalue weighted by atomic mass is 10.2. The summed E-state index contributed by atoms with van der Waals surface area (Å²) < 4.78 is 15.1. The minimum absolute atomic E-state index is 0.248. The van der Waals surface area contributed by atoms with Crippen molar-refractivity contribution in [1.82, 2.24) is 4.40 Å². The summed E-state index contributed by atoms with van der Waals surface area (Å²) in [5, 5.41) is 0.816. The van der Waals surface area contributed by atoms with E-state index in [4.69, 9.17) is 5.84 Å². The van der Waals surface area contributed by atoms with Crippen LogP contribution in [-0.4, -0.2) is 4.40 Å². The van der Waals surface area contributed by atoms with E-state index in [9.17, 15) is 4.39 Å². The first kappa shape index (κ1) is 9.18. The lowest BCUT2D eigenvalue weighted by Gasteiger charge is -2.08. The predicted molar refractivity (Wildman–Crippen MR) is 62.7 cm³/mol. The first-order valence-corrected chi connectivity index (χ1v) is 4.95. The highest BCUT2D eigenvalue weighted by molar-refractivity contribution is 5.90. The Balaban J connectivity index is 2.53. The number of hydrazine groups is 1. The quantitative estimate of drug-likeness (QED) is 0.484. The Hall–Kier alpha value is -2.07. The number of fused-ring (bicyclic) bond motifs is 3. The fraction of sp³-hybridized carbons (Fsp3) is 0. The summed E-state index contributed by atoms with van der Waals surface area (Å²) in [6.45, 7) is 0. The van der Waals surface area contributed by atoms with Gasteiger partial charge in [0, 0.05) is 11.6 Å². The smallest absolute Gasteiger partial charge is 0.123 e. The fourth-order valence-electron chi connectivity index (χ4n) is 2.02. The van der Waals surface area contributed by atoms with E-state index in [1.54, 1.807) is 6.07 Å². The van der Waals surface area contributed by atoms with Crippen molar-refractivity contribution in [3.05, 3.63) is 48.4 Å². The van der Waals surface area contributed by atoms with Gasteiger partial charge in [-0.15, -0.1) is 0 Å². The second-order valence-electron chi connectivity index (χ2n) is 3.67. The third-order valence-corrected chi connectivity index (χ3v) is 2.73. The van der Waals surface area contributed by atoms with Gasteiger partial charge in [0.15, 0.2) is 0 Å². The van der Waals surface area contributed by atoms with Crippen LogP contribution in [0.1, 0.15) is 0 Å². The molecule has 0 unspecified atom stereocenters. The molecule has 2 heterocycles. The molecule has 3 rings (SSSR count). The Morgan fingerprint density at radius 3 is 2.81 bits per heavy atom. The van der Waals surface area contributed by atoms with Gasteiger partial charge in [0.2, 0.25) is 0 Å². The third kappa shape index (κ3) is 1.17. The van der Waals surface area contributed by atoms with E-state index in [2.05, 4.69) is 5.43 Å². The van der Waals surface area contributed by atoms with Gasteiger partial charge in [-0.3, -0.25) is 5.84 Å². The van der Waals surface area contributed by atoms with E-state index >= 15 is 0 Å². The number of nitrogens with two attached hydrogens (primary N) is 1. The normalized spacial score (nSPS) is 11.1. The Kier molecular flexibility index (Phi) is 1.84. The Morgan fingerprint density at radius 2 is 2.00 bits per heavy atom. The number of rotatable bonds is 1. The van der Waals surface area contributed by atoms with Gasteiger partial charge in [0.1, 0.15) is 5.82 Å². The van der Waals surface area contributed by atoms with Crippen LogP contribution in [0.2, 0.25) is 0 Å². The zero-order valence-electron chi connectivity index (χ0n) is 8.44. The molecular formula is C12H10FN3. The van der Waals surface area contributed by atoms with Crippen molar-refractivity contribution >= 4 is 22.1 Å². The highest BCUT2D eigenvalue weighted by Crippen LogP contribution is 2.25. The Labute approximate surface area is 91.3 Å². The zero-order valence-corrected chi connectivity index (χ0v) is 8.44. The lowest BCUT2D eigenvalue weighted by Crippen LogP contribution is -2.08. The molecule has 3 N–H and O–H groups in total. The Morgan fingerprint density at radius 1 is 1.12 bits per heavy atom. The number of hydrogen-bond donors (Lipinski definition) is 2. The number of benzene rings is 1. The molecule has 0 bridgehead atoms. The molecule has 0 atom stereocenters. The number of nitrogens with one attached hydrogen (secondary N) is 1. The number of nitrogen functional groups attached to an aromatic ring is 1. The van der Waals surface area contributed by atoms with Gasteiger partial charge < -0.3 is 9.83 Å². The van der Waals surface area contributed by atoms with Crippen molar-refractivity contribution in [2.75, 3.05) is 5.43 Å². The van der Waals surface area contributed by atoms with Crippen molar-refractivity contribution in [1.29, 1.82) is 0 Å². The second-order valence-corrected chi connectivity index (χ2v) is 3.67. The topological polar surface area (TPSA) is 42.5 Å². The molecule has 80 valence electrons. The molecule has 0 aliphatic rings. The molecule has 3 aromatic rings. The van der Waals surface area contributed by atoms with Gasteiger partial charge >= 0.3 is 0 Å². The molecule has 0 saturated carbocycles. The van der Waals surface area contributed by atoms with E-state index in [0.29, 0.717) is 0 Å². The van der Waals surface area contributed by atoms with Crippen molar-refractivity contribution in [2.24, 2.45) is 5.84 Å². The van der Waals surface area contributed by atoms with Crippen LogP contribution in [0.4, 0.5) is 10.1 Å². The molecule has 16 heavy (non-hydrogen) atoms. The molecule has 0 aliphatic carbocycles. The summed E-state index contributed by atoms with van der Waals surface area (Å²) >= 11 is 0. The van der Waals surface area contributed by atoms with E-state index < -0.39 is 0 Å². The summed E-state index contributed by atoms with van der Waals surface area (Å²) in [6, 6.07) is 10.4.